The van der Waals surface area contributed by atoms with Gasteiger partial charge in [-0.2, -0.15) is 0 Å². The molecule has 1 heterocycles. The number of anilines is 3. The zero-order chi connectivity index (χ0) is 30.1. The molecule has 0 aliphatic heterocycles. The van der Waals surface area contributed by atoms with E-state index in [4.69, 9.17) is 0 Å². The first-order chi connectivity index (χ1) is 22.1. The van der Waals surface area contributed by atoms with Crippen LogP contribution in [-0.2, 0) is 5.41 Å². The van der Waals surface area contributed by atoms with Gasteiger partial charge >= 0.3 is 0 Å². The van der Waals surface area contributed by atoms with E-state index in [1.54, 1.807) is 0 Å². The highest BCUT2D eigenvalue weighted by Gasteiger charge is 2.37. The molecule has 0 spiro atoms. The fourth-order valence-corrected chi connectivity index (χ4v) is 8.50. The molecular formula is C43H31NS. The van der Waals surface area contributed by atoms with E-state index in [1.165, 1.54) is 70.0 Å². The summed E-state index contributed by atoms with van der Waals surface area (Å²) >= 11 is 1.90. The van der Waals surface area contributed by atoms with Crippen molar-refractivity contribution in [1.29, 1.82) is 0 Å². The van der Waals surface area contributed by atoms with Crippen LogP contribution in [0.3, 0.4) is 0 Å². The molecule has 8 aromatic rings. The molecule has 1 aliphatic rings. The van der Waals surface area contributed by atoms with Crippen LogP contribution in [0.5, 0.6) is 0 Å². The molecular weight excluding hydrogens is 563 g/mol. The number of nitrogens with zero attached hydrogens (tertiary/aromatic N) is 1. The Balaban J connectivity index is 1.20. The van der Waals surface area contributed by atoms with Crippen molar-refractivity contribution in [3.8, 4) is 22.3 Å². The van der Waals surface area contributed by atoms with Gasteiger partial charge in [-0.15, -0.1) is 11.3 Å². The third kappa shape index (κ3) is 4.06. The summed E-state index contributed by atoms with van der Waals surface area (Å²) < 4.78 is 2.70. The van der Waals surface area contributed by atoms with Gasteiger partial charge in [0, 0.05) is 42.6 Å². The summed E-state index contributed by atoms with van der Waals surface area (Å²) in [5.41, 5.74) is 11.4. The molecule has 214 valence electrons. The van der Waals surface area contributed by atoms with Gasteiger partial charge in [0.15, 0.2) is 0 Å². The van der Waals surface area contributed by atoms with Crippen molar-refractivity contribution in [2.24, 2.45) is 0 Å². The average Bonchev–Trinajstić information content (AvgIpc) is 3.57. The summed E-state index contributed by atoms with van der Waals surface area (Å²) in [6.45, 7) is 4.75. The first-order valence-electron chi connectivity index (χ1n) is 15.6. The smallest absolute Gasteiger partial charge is 0.0468 e. The van der Waals surface area contributed by atoms with Crippen LogP contribution in [0, 0.1) is 0 Å². The topological polar surface area (TPSA) is 3.24 Å². The molecule has 0 amide bonds. The van der Waals surface area contributed by atoms with Crippen molar-refractivity contribution >= 4 is 59.3 Å². The molecule has 2 heteroatoms. The van der Waals surface area contributed by atoms with Gasteiger partial charge in [-0.1, -0.05) is 111 Å². The molecule has 0 saturated carbocycles. The minimum absolute atomic E-state index is 0.0699. The second-order valence-corrected chi connectivity index (χ2v) is 13.7. The lowest BCUT2D eigenvalue weighted by Crippen LogP contribution is -2.15. The van der Waals surface area contributed by atoms with Crippen LogP contribution in [-0.4, -0.2) is 0 Å². The molecule has 0 bridgehead atoms. The van der Waals surface area contributed by atoms with Crippen LogP contribution in [0.4, 0.5) is 17.1 Å². The molecule has 0 radical (unpaired) electrons. The van der Waals surface area contributed by atoms with Gasteiger partial charge in [-0.3, -0.25) is 0 Å². The number of fused-ring (bicyclic) bond motifs is 8. The van der Waals surface area contributed by atoms with E-state index in [0.717, 1.165) is 11.4 Å². The first kappa shape index (κ1) is 26.2. The third-order valence-electron chi connectivity index (χ3n) is 9.64. The maximum absolute atomic E-state index is 2.43. The van der Waals surface area contributed by atoms with Crippen LogP contribution in [0.25, 0.3) is 53.2 Å². The summed E-state index contributed by atoms with van der Waals surface area (Å²) in [7, 11) is 0. The first-order valence-corrected chi connectivity index (χ1v) is 16.4. The van der Waals surface area contributed by atoms with Gasteiger partial charge < -0.3 is 4.90 Å². The van der Waals surface area contributed by atoms with Gasteiger partial charge in [0.25, 0.3) is 0 Å². The monoisotopic (exact) mass is 593 g/mol. The zero-order valence-corrected chi connectivity index (χ0v) is 26.1. The van der Waals surface area contributed by atoms with E-state index in [1.807, 2.05) is 11.3 Å². The van der Waals surface area contributed by atoms with Gasteiger partial charge in [0.2, 0.25) is 0 Å². The van der Waals surface area contributed by atoms with Crippen molar-refractivity contribution in [2.45, 2.75) is 19.3 Å². The van der Waals surface area contributed by atoms with E-state index >= 15 is 0 Å². The van der Waals surface area contributed by atoms with Crippen LogP contribution < -0.4 is 4.90 Å². The maximum Gasteiger partial charge on any atom is 0.0468 e. The minimum Gasteiger partial charge on any atom is -0.310 e. The number of hydrogen-bond acceptors (Lipinski definition) is 2. The van der Waals surface area contributed by atoms with E-state index < -0.39 is 0 Å². The Labute approximate surface area is 267 Å². The predicted octanol–water partition coefficient (Wildman–Crippen LogP) is 12.7. The van der Waals surface area contributed by atoms with Crippen LogP contribution in [0.15, 0.2) is 152 Å². The summed E-state index contributed by atoms with van der Waals surface area (Å²) in [6.07, 6.45) is 0. The molecule has 7 aromatic carbocycles. The molecule has 0 N–H and O–H groups in total. The number of thiophene rings is 1. The van der Waals surface area contributed by atoms with Gasteiger partial charge in [-0.25, -0.2) is 0 Å². The van der Waals surface area contributed by atoms with E-state index in [-0.39, 0.29) is 5.41 Å². The summed E-state index contributed by atoms with van der Waals surface area (Å²) in [6, 6.07) is 55.7. The SMILES string of the molecule is CC1(C)c2ccc(N(c3ccccc3)c3ccc(-c4ccc5ccccc5c4)cc3)cc2-c2c1ccc1sc3ccccc3c21. The lowest BCUT2D eigenvalue weighted by atomic mass is 9.82. The van der Waals surface area contributed by atoms with Crippen molar-refractivity contribution < 1.29 is 0 Å². The second kappa shape index (κ2) is 9.92. The Kier molecular flexibility index (Phi) is 5.78. The minimum atomic E-state index is -0.0699. The summed E-state index contributed by atoms with van der Waals surface area (Å²) in [5, 5.41) is 5.27. The second-order valence-electron chi connectivity index (χ2n) is 12.6. The molecule has 0 atom stereocenters. The van der Waals surface area contributed by atoms with Crippen LogP contribution >= 0.6 is 11.3 Å². The Morgan fingerprint density at radius 3 is 2.00 bits per heavy atom. The molecule has 1 nitrogen and oxygen atoms in total. The highest BCUT2D eigenvalue weighted by Crippen LogP contribution is 2.55. The molecule has 1 aromatic heterocycles. The lowest BCUT2D eigenvalue weighted by molar-refractivity contribution is 0.661. The fourth-order valence-electron chi connectivity index (χ4n) is 7.38. The zero-order valence-electron chi connectivity index (χ0n) is 25.3. The third-order valence-corrected chi connectivity index (χ3v) is 10.8. The predicted molar refractivity (Wildman–Crippen MR) is 195 cm³/mol. The van der Waals surface area contributed by atoms with Crippen LogP contribution in [0.1, 0.15) is 25.0 Å². The Bertz CT molecular complexity index is 2400. The van der Waals surface area contributed by atoms with Crippen molar-refractivity contribution in [3.63, 3.8) is 0 Å². The highest BCUT2D eigenvalue weighted by molar-refractivity contribution is 7.26. The molecule has 0 fully saturated rings. The Morgan fingerprint density at radius 1 is 0.489 bits per heavy atom. The van der Waals surface area contributed by atoms with Gasteiger partial charge in [0.05, 0.1) is 0 Å². The summed E-state index contributed by atoms with van der Waals surface area (Å²) in [5.74, 6) is 0. The Hall–Kier alpha value is -5.18. The highest BCUT2D eigenvalue weighted by atomic mass is 32.1. The number of rotatable bonds is 4. The van der Waals surface area contributed by atoms with Crippen molar-refractivity contribution in [3.05, 3.63) is 163 Å². The van der Waals surface area contributed by atoms with E-state index in [9.17, 15) is 0 Å². The standard InChI is InChI=1S/C43H31NS/c1-43(2)37-23-22-34(27-36(37)41-38(43)24-25-40-42(41)35-14-8-9-15-39(35)45-40)44(32-12-4-3-5-13-32)33-20-18-29(19-21-33)31-17-16-28-10-6-7-11-30(28)26-31/h3-27H,1-2H3. The molecule has 9 rings (SSSR count). The summed E-state index contributed by atoms with van der Waals surface area (Å²) in [4.78, 5) is 2.39. The Morgan fingerprint density at radius 2 is 1.16 bits per heavy atom. The molecule has 0 unspecified atom stereocenters. The number of para-hydroxylation sites is 1. The molecule has 1 aliphatic carbocycles. The molecule has 45 heavy (non-hydrogen) atoms. The van der Waals surface area contributed by atoms with Crippen molar-refractivity contribution in [2.75, 3.05) is 4.90 Å². The van der Waals surface area contributed by atoms with Gasteiger partial charge in [-0.05, 0) is 98.8 Å². The quantitative estimate of drug-likeness (QED) is 0.196. The number of benzene rings is 7. The maximum atomic E-state index is 2.43. The van der Waals surface area contributed by atoms with E-state index in [0.29, 0.717) is 0 Å². The normalized spacial score (nSPS) is 13.3. The lowest BCUT2D eigenvalue weighted by Gasteiger charge is -2.27. The largest absolute Gasteiger partial charge is 0.310 e. The van der Waals surface area contributed by atoms with Gasteiger partial charge in [0.1, 0.15) is 0 Å². The number of hydrogen-bond donors (Lipinski definition) is 0. The van der Waals surface area contributed by atoms with E-state index in [2.05, 4.69) is 170 Å². The average molecular weight is 594 g/mol. The fraction of sp³-hybridized carbons (Fsp3) is 0.0698. The van der Waals surface area contributed by atoms with Crippen molar-refractivity contribution in [1.82, 2.24) is 0 Å². The van der Waals surface area contributed by atoms with Crippen LogP contribution in [0.2, 0.25) is 0 Å². The molecule has 0 saturated heterocycles.